The summed E-state index contributed by atoms with van der Waals surface area (Å²) in [5, 5.41) is 21.4. The number of carbonyl (C=O) groups is 1. The molecule has 4 heterocycles. The summed E-state index contributed by atoms with van der Waals surface area (Å²) >= 11 is 6.22. The van der Waals surface area contributed by atoms with Crippen molar-refractivity contribution in [3.63, 3.8) is 0 Å². The number of carbonyl (C=O) groups excluding carboxylic acids is 1. The van der Waals surface area contributed by atoms with Crippen LogP contribution in [0, 0.1) is 11.2 Å². The summed E-state index contributed by atoms with van der Waals surface area (Å²) in [6, 6.07) is 3.36. The Balaban J connectivity index is 1.35. The Kier molecular flexibility index (Phi) is 7.08. The van der Waals surface area contributed by atoms with Crippen LogP contribution in [0.25, 0.3) is 0 Å². The molecule has 5 rings (SSSR count). The van der Waals surface area contributed by atoms with Crippen molar-refractivity contribution in [2.75, 3.05) is 26.2 Å². The van der Waals surface area contributed by atoms with Gasteiger partial charge in [0.15, 0.2) is 0 Å². The monoisotopic (exact) mass is 533 g/mol. The van der Waals surface area contributed by atoms with Crippen LogP contribution in [0.15, 0.2) is 45.3 Å². The van der Waals surface area contributed by atoms with Crippen molar-refractivity contribution in [1.29, 1.82) is 5.41 Å². The number of likely N-dealkylation sites (tertiary alicyclic amines) is 1. The van der Waals surface area contributed by atoms with Gasteiger partial charge in [-0.25, -0.2) is 13.8 Å². The first-order chi connectivity index (χ1) is 17.7. The average molecular weight is 534 g/mol. The minimum absolute atomic E-state index is 0.0416. The number of nitrogens with one attached hydrogen (secondary N) is 2. The van der Waals surface area contributed by atoms with E-state index in [1.165, 1.54) is 23.1 Å². The lowest BCUT2D eigenvalue weighted by molar-refractivity contribution is 0.0285. The average Bonchev–Trinajstić information content (AvgIpc) is 3.31. The Morgan fingerprint density at radius 3 is 2.78 bits per heavy atom. The minimum Gasteiger partial charge on any atom is -0.489 e. The highest BCUT2D eigenvalue weighted by Crippen LogP contribution is 2.39. The molecule has 3 fully saturated rings. The molecule has 11 heteroatoms. The van der Waals surface area contributed by atoms with Gasteiger partial charge in [-0.2, -0.15) is 0 Å². The molecule has 198 valence electrons. The molecule has 0 aliphatic carbocycles. The molecule has 1 aromatic carbocycles. The van der Waals surface area contributed by atoms with E-state index < -0.39 is 12.0 Å². The predicted molar refractivity (Wildman–Crippen MR) is 136 cm³/mol. The largest absolute Gasteiger partial charge is 0.489 e. The summed E-state index contributed by atoms with van der Waals surface area (Å²) in [5.74, 6) is -0.325. The van der Waals surface area contributed by atoms with Crippen molar-refractivity contribution in [2.24, 2.45) is 4.99 Å². The number of allylic oxidation sites excluding steroid dienone is 2. The van der Waals surface area contributed by atoms with Crippen LogP contribution in [-0.2, 0) is 0 Å². The van der Waals surface area contributed by atoms with Gasteiger partial charge in [-0.3, -0.25) is 9.69 Å². The van der Waals surface area contributed by atoms with E-state index in [4.69, 9.17) is 21.7 Å². The molecule has 4 unspecified atom stereocenters. The normalized spacial score (nSPS) is 30.1. The number of rotatable bonds is 5. The molecule has 37 heavy (non-hydrogen) atoms. The van der Waals surface area contributed by atoms with Crippen molar-refractivity contribution in [1.82, 2.24) is 15.1 Å². The summed E-state index contributed by atoms with van der Waals surface area (Å²) in [6.45, 7) is 4.20. The van der Waals surface area contributed by atoms with Crippen molar-refractivity contribution >= 4 is 28.9 Å². The van der Waals surface area contributed by atoms with E-state index in [1.54, 1.807) is 6.92 Å². The van der Waals surface area contributed by atoms with Gasteiger partial charge in [-0.05, 0) is 32.4 Å². The number of alkyl halides is 1. The number of benzene rings is 1. The Morgan fingerprint density at radius 2 is 2.08 bits per heavy atom. The molecular formula is C26H30ClF2N5O3. The highest BCUT2D eigenvalue weighted by Gasteiger charge is 2.47. The number of fused-ring (bicyclic) bond motifs is 2. The van der Waals surface area contributed by atoms with E-state index >= 15 is 0 Å². The fourth-order valence-electron chi connectivity index (χ4n) is 5.78. The quantitative estimate of drug-likeness (QED) is 0.539. The third kappa shape index (κ3) is 4.89. The lowest BCUT2D eigenvalue weighted by atomic mass is 9.99. The molecule has 0 aromatic heterocycles. The molecule has 0 saturated carbocycles. The van der Waals surface area contributed by atoms with Gasteiger partial charge in [0.1, 0.15) is 29.7 Å². The zero-order chi connectivity index (χ0) is 26.4. The second-order valence-corrected chi connectivity index (χ2v) is 10.4. The highest BCUT2D eigenvalue weighted by atomic mass is 35.5. The van der Waals surface area contributed by atoms with E-state index in [1.807, 2.05) is 11.8 Å². The van der Waals surface area contributed by atoms with Gasteiger partial charge in [0, 0.05) is 48.8 Å². The summed E-state index contributed by atoms with van der Waals surface area (Å²) in [6.07, 6.45) is -0.0803. The molecular weight excluding hydrogens is 504 g/mol. The van der Waals surface area contributed by atoms with Crippen LogP contribution in [0.3, 0.4) is 0 Å². The van der Waals surface area contributed by atoms with Gasteiger partial charge in [0.05, 0.1) is 41.7 Å². The van der Waals surface area contributed by atoms with Crippen LogP contribution in [-0.4, -0.2) is 82.8 Å². The molecule has 3 N–H and O–H groups in total. The zero-order valence-corrected chi connectivity index (χ0v) is 21.5. The smallest absolute Gasteiger partial charge is 0.258 e. The maximum Gasteiger partial charge on any atom is 0.258 e. The van der Waals surface area contributed by atoms with Gasteiger partial charge in [0.25, 0.3) is 5.91 Å². The number of piperidine rings is 1. The lowest BCUT2D eigenvalue weighted by Crippen LogP contribution is -2.48. The fourth-order valence-corrected chi connectivity index (χ4v) is 5.87. The minimum atomic E-state index is -1.01. The number of aliphatic imine (C=N–C) groups is 1. The van der Waals surface area contributed by atoms with Crippen LogP contribution in [0.1, 0.15) is 43.5 Å². The van der Waals surface area contributed by atoms with Crippen LogP contribution in [0.2, 0.25) is 0 Å². The molecule has 0 radical (unpaired) electrons. The molecule has 3 saturated heterocycles. The zero-order valence-electron chi connectivity index (χ0n) is 20.7. The molecule has 0 spiro atoms. The van der Waals surface area contributed by atoms with Gasteiger partial charge < -0.3 is 25.5 Å². The lowest BCUT2D eigenvalue weighted by Gasteiger charge is -2.38. The molecule has 4 atom stereocenters. The maximum absolute atomic E-state index is 14.6. The second-order valence-electron chi connectivity index (χ2n) is 10.0. The standard InChI is InChI=1S/C26H30ClF2N5O3/c1-13-24(27)14(2)32-25(31-13)19-11-33(12-21(19)30)26(36)18-4-3-15(28)7-23(18)37-17-8-16-9-20(29)22(10-17)34(16)5-6-35/h3-4,7,16-17,20,22,30-31,35H,5-6,8-12H2,1-2H3/b25-19+,30-21?. The Labute approximate surface area is 219 Å². The first kappa shape index (κ1) is 25.8. The molecule has 4 aliphatic heterocycles. The topological polar surface area (TPSA) is 101 Å². The number of hydrogen-bond acceptors (Lipinski definition) is 7. The van der Waals surface area contributed by atoms with E-state index in [2.05, 4.69) is 10.3 Å². The highest BCUT2D eigenvalue weighted by molar-refractivity contribution is 6.43. The number of aliphatic hydroxyl groups excluding tert-OH is 1. The Hall–Kier alpha value is -2.82. The van der Waals surface area contributed by atoms with Crippen molar-refractivity contribution in [3.8, 4) is 5.75 Å². The third-order valence-corrected chi connectivity index (χ3v) is 8.10. The Bertz CT molecular complexity index is 1230. The summed E-state index contributed by atoms with van der Waals surface area (Å²) in [7, 11) is 0. The van der Waals surface area contributed by atoms with Crippen LogP contribution in [0.4, 0.5) is 8.78 Å². The van der Waals surface area contributed by atoms with Crippen molar-refractivity contribution in [2.45, 2.75) is 57.5 Å². The fraction of sp³-hybridized carbons (Fsp3) is 0.500. The van der Waals surface area contributed by atoms with Crippen molar-refractivity contribution in [3.05, 3.63) is 51.7 Å². The maximum atomic E-state index is 14.6. The SMILES string of the molecule is CC1=N/C(=C2\CN(C(=O)c3ccc(F)cc3OC3CC4CC(F)C(C3)N4CCO)CC2=N)NC(C)=C1Cl. The number of nitrogens with zero attached hydrogens (tertiary/aromatic N) is 3. The van der Waals surface area contributed by atoms with Gasteiger partial charge in [-0.1, -0.05) is 11.6 Å². The van der Waals surface area contributed by atoms with Gasteiger partial charge in [0.2, 0.25) is 0 Å². The van der Waals surface area contributed by atoms with Crippen molar-refractivity contribution < 1.29 is 23.4 Å². The molecule has 1 aromatic rings. The van der Waals surface area contributed by atoms with E-state index in [0.717, 1.165) is 5.70 Å². The first-order valence-corrected chi connectivity index (χ1v) is 12.8. The number of hydrogen-bond donors (Lipinski definition) is 3. The van der Waals surface area contributed by atoms with Gasteiger partial charge >= 0.3 is 0 Å². The van der Waals surface area contributed by atoms with E-state index in [-0.39, 0.29) is 60.8 Å². The summed E-state index contributed by atoms with van der Waals surface area (Å²) in [5.41, 5.74) is 2.38. The van der Waals surface area contributed by atoms with E-state index in [0.29, 0.717) is 47.9 Å². The third-order valence-electron chi connectivity index (χ3n) is 7.54. The molecule has 4 aliphatic rings. The summed E-state index contributed by atoms with van der Waals surface area (Å²) in [4.78, 5) is 21.5. The first-order valence-electron chi connectivity index (χ1n) is 12.4. The van der Waals surface area contributed by atoms with Crippen LogP contribution < -0.4 is 10.1 Å². The molecule has 8 nitrogen and oxygen atoms in total. The van der Waals surface area contributed by atoms with E-state index in [9.17, 15) is 18.7 Å². The summed E-state index contributed by atoms with van der Waals surface area (Å²) < 4.78 is 35.0. The van der Waals surface area contributed by atoms with Crippen LogP contribution >= 0.6 is 11.6 Å². The molecule has 1 amide bonds. The predicted octanol–water partition coefficient (Wildman–Crippen LogP) is 3.36. The number of amides is 1. The van der Waals surface area contributed by atoms with Crippen LogP contribution in [0.5, 0.6) is 5.75 Å². The number of halogens is 3. The Morgan fingerprint density at radius 1 is 1.30 bits per heavy atom. The van der Waals surface area contributed by atoms with Gasteiger partial charge in [-0.15, -0.1) is 0 Å². The number of aliphatic hydroxyl groups is 1. The second kappa shape index (κ2) is 10.2. The molecule has 2 bridgehead atoms. The number of ether oxygens (including phenoxy) is 1.